The molecule has 7 heteroatoms. The Kier molecular flexibility index (Phi) is 7.77. The second kappa shape index (κ2) is 13.9. The molecule has 0 amide bonds. The van der Waals surface area contributed by atoms with Crippen molar-refractivity contribution in [3.8, 4) is 33.4 Å². The molecule has 0 atom stereocenters. The highest BCUT2D eigenvalue weighted by Crippen LogP contribution is 2.42. The van der Waals surface area contributed by atoms with Gasteiger partial charge in [-0.3, -0.25) is 0 Å². The Labute approximate surface area is 360 Å². The van der Waals surface area contributed by atoms with Gasteiger partial charge in [0.2, 0.25) is 11.4 Å². The van der Waals surface area contributed by atoms with E-state index in [-0.39, 0.29) is 0 Å². The molecule has 4 aromatic heterocycles. The SMILES string of the molecule is c1ccc2cc(-c3ccc4c(ccc5cc(N(c6ccc(-c7cnnc8oc9ccccc9c78)cc6)c6ccc(-c7cnnc8oc9ccccc9c78)cc6)ccc54)c3)ccc2c1. The summed E-state index contributed by atoms with van der Waals surface area (Å²) in [5, 5.41) is 28.5. The fourth-order valence-electron chi connectivity index (χ4n) is 9.35. The van der Waals surface area contributed by atoms with Crippen molar-refractivity contribution >= 4 is 93.5 Å². The predicted octanol–water partition coefficient (Wildman–Crippen LogP) is 15.0. The Morgan fingerprint density at radius 1 is 0.333 bits per heavy atom. The molecule has 4 heterocycles. The number of hydrogen-bond acceptors (Lipinski definition) is 7. The van der Waals surface area contributed by atoms with Crippen molar-refractivity contribution in [3.63, 3.8) is 0 Å². The number of nitrogens with zero attached hydrogens (tertiary/aromatic N) is 5. The quantitative estimate of drug-likeness (QED) is 0.155. The number of furan rings is 2. The van der Waals surface area contributed by atoms with Crippen molar-refractivity contribution < 1.29 is 8.83 Å². The van der Waals surface area contributed by atoms with Crippen LogP contribution in [0.2, 0.25) is 0 Å². The highest BCUT2D eigenvalue weighted by Gasteiger charge is 2.19. The van der Waals surface area contributed by atoms with E-state index in [1.54, 1.807) is 0 Å². The standard InChI is InChI=1S/C56H33N5O2/c1-2-8-37-29-38(14-13-34(37)7-1)39-21-27-45-40(30-39)15-16-41-31-44(26-28-46(41)45)61(42-22-17-35(18-23-42)49-32-57-59-55-53(49)47-9-3-5-11-51(47)62-55)43-24-19-36(20-25-43)50-33-58-60-56-54(50)48-10-4-6-12-52(48)63-56/h1-33H. The Bertz CT molecular complexity index is 3770. The maximum atomic E-state index is 6.08. The molecule has 0 fully saturated rings. The number of aromatic nitrogens is 4. The summed E-state index contributed by atoms with van der Waals surface area (Å²) in [6.45, 7) is 0. The molecule has 0 bridgehead atoms. The molecule has 0 saturated carbocycles. The van der Waals surface area contributed by atoms with Crippen LogP contribution in [0.5, 0.6) is 0 Å². The molecule has 294 valence electrons. The first-order chi connectivity index (χ1) is 31.2. The van der Waals surface area contributed by atoms with Gasteiger partial charge in [0.15, 0.2) is 0 Å². The van der Waals surface area contributed by atoms with Crippen LogP contribution >= 0.6 is 0 Å². The second-order valence-electron chi connectivity index (χ2n) is 16.0. The van der Waals surface area contributed by atoms with Crippen LogP contribution in [0.1, 0.15) is 0 Å². The molecule has 9 aromatic carbocycles. The minimum Gasteiger partial charge on any atom is -0.436 e. The van der Waals surface area contributed by atoms with Crippen LogP contribution < -0.4 is 4.90 Å². The Hall–Kier alpha value is -8.68. The number of para-hydroxylation sites is 2. The van der Waals surface area contributed by atoms with Crippen LogP contribution in [0.25, 0.3) is 110 Å². The molecule has 0 aliphatic rings. The van der Waals surface area contributed by atoms with E-state index in [4.69, 9.17) is 8.83 Å². The Morgan fingerprint density at radius 3 is 1.38 bits per heavy atom. The van der Waals surface area contributed by atoms with Crippen LogP contribution in [-0.4, -0.2) is 20.4 Å². The summed E-state index contributed by atoms with van der Waals surface area (Å²) in [5.41, 5.74) is 12.1. The molecular weight excluding hydrogens is 775 g/mol. The molecule has 0 saturated heterocycles. The average Bonchev–Trinajstić information content (AvgIpc) is 3.93. The summed E-state index contributed by atoms with van der Waals surface area (Å²) in [5.74, 6) is 0. The summed E-state index contributed by atoms with van der Waals surface area (Å²) < 4.78 is 12.2. The first-order valence-electron chi connectivity index (χ1n) is 20.9. The maximum absolute atomic E-state index is 6.08. The number of hydrogen-bond donors (Lipinski definition) is 0. The van der Waals surface area contributed by atoms with E-state index in [1.165, 1.54) is 38.1 Å². The van der Waals surface area contributed by atoms with Crippen molar-refractivity contribution in [2.24, 2.45) is 0 Å². The van der Waals surface area contributed by atoms with E-state index < -0.39 is 0 Å². The molecule has 0 aliphatic carbocycles. The van der Waals surface area contributed by atoms with Crippen molar-refractivity contribution in [1.29, 1.82) is 0 Å². The minimum atomic E-state index is 0.526. The largest absolute Gasteiger partial charge is 0.436 e. The van der Waals surface area contributed by atoms with Gasteiger partial charge in [0, 0.05) is 39.0 Å². The highest BCUT2D eigenvalue weighted by atomic mass is 16.3. The average molecular weight is 808 g/mol. The Morgan fingerprint density at radius 2 is 0.778 bits per heavy atom. The summed E-state index contributed by atoms with van der Waals surface area (Å²) in [6, 6.07) is 66.6. The van der Waals surface area contributed by atoms with Gasteiger partial charge in [-0.05, 0) is 115 Å². The third kappa shape index (κ3) is 5.75. The van der Waals surface area contributed by atoms with E-state index in [0.717, 1.165) is 77.4 Å². The van der Waals surface area contributed by atoms with Gasteiger partial charge in [-0.25, -0.2) is 0 Å². The van der Waals surface area contributed by atoms with Gasteiger partial charge in [-0.2, -0.15) is 10.2 Å². The van der Waals surface area contributed by atoms with Crippen LogP contribution in [0.3, 0.4) is 0 Å². The number of rotatable bonds is 6. The summed E-state index contributed by atoms with van der Waals surface area (Å²) in [6.07, 6.45) is 3.64. The monoisotopic (exact) mass is 807 g/mol. The van der Waals surface area contributed by atoms with E-state index in [1.807, 2.05) is 48.8 Å². The molecule has 0 N–H and O–H groups in total. The summed E-state index contributed by atoms with van der Waals surface area (Å²) in [7, 11) is 0. The fraction of sp³-hybridized carbons (Fsp3) is 0. The van der Waals surface area contributed by atoms with E-state index in [2.05, 4.69) is 177 Å². The lowest BCUT2D eigenvalue weighted by atomic mass is 9.96. The smallest absolute Gasteiger partial charge is 0.247 e. The lowest BCUT2D eigenvalue weighted by molar-refractivity contribution is 0.645. The van der Waals surface area contributed by atoms with Gasteiger partial charge < -0.3 is 13.7 Å². The highest BCUT2D eigenvalue weighted by molar-refractivity contribution is 6.13. The number of fused-ring (bicyclic) bond motifs is 10. The van der Waals surface area contributed by atoms with Crippen molar-refractivity contribution in [1.82, 2.24) is 20.4 Å². The second-order valence-corrected chi connectivity index (χ2v) is 16.0. The fourth-order valence-corrected chi connectivity index (χ4v) is 9.35. The normalized spacial score (nSPS) is 11.8. The zero-order chi connectivity index (χ0) is 41.4. The van der Waals surface area contributed by atoms with E-state index in [9.17, 15) is 0 Å². The van der Waals surface area contributed by atoms with Gasteiger partial charge in [0.05, 0.1) is 23.2 Å². The molecule has 13 rings (SSSR count). The predicted molar refractivity (Wildman–Crippen MR) is 256 cm³/mol. The van der Waals surface area contributed by atoms with Gasteiger partial charge in [0.1, 0.15) is 11.2 Å². The molecular formula is C56H33N5O2. The molecule has 63 heavy (non-hydrogen) atoms. The van der Waals surface area contributed by atoms with E-state index >= 15 is 0 Å². The van der Waals surface area contributed by atoms with Gasteiger partial charge in [-0.15, -0.1) is 10.2 Å². The third-order valence-corrected chi connectivity index (χ3v) is 12.4. The van der Waals surface area contributed by atoms with Crippen LogP contribution in [0, 0.1) is 0 Å². The zero-order valence-corrected chi connectivity index (χ0v) is 33.6. The van der Waals surface area contributed by atoms with Crippen LogP contribution in [-0.2, 0) is 0 Å². The van der Waals surface area contributed by atoms with Crippen molar-refractivity contribution in [2.45, 2.75) is 0 Å². The first-order valence-corrected chi connectivity index (χ1v) is 20.9. The zero-order valence-electron chi connectivity index (χ0n) is 33.6. The topological polar surface area (TPSA) is 81.1 Å². The van der Waals surface area contributed by atoms with Gasteiger partial charge in [-0.1, -0.05) is 127 Å². The third-order valence-electron chi connectivity index (χ3n) is 12.4. The van der Waals surface area contributed by atoms with Crippen molar-refractivity contribution in [3.05, 3.63) is 200 Å². The van der Waals surface area contributed by atoms with Gasteiger partial charge >= 0.3 is 0 Å². The van der Waals surface area contributed by atoms with E-state index in [0.29, 0.717) is 11.4 Å². The Balaban J connectivity index is 0.919. The molecule has 0 radical (unpaired) electrons. The summed E-state index contributed by atoms with van der Waals surface area (Å²) in [4.78, 5) is 2.31. The molecule has 0 unspecified atom stereocenters. The van der Waals surface area contributed by atoms with Crippen LogP contribution in [0.4, 0.5) is 17.1 Å². The number of benzene rings is 9. The molecule has 0 aliphatic heterocycles. The minimum absolute atomic E-state index is 0.526. The van der Waals surface area contributed by atoms with Crippen molar-refractivity contribution in [2.75, 3.05) is 4.90 Å². The lowest BCUT2D eigenvalue weighted by Crippen LogP contribution is -2.10. The summed E-state index contributed by atoms with van der Waals surface area (Å²) >= 11 is 0. The molecule has 7 nitrogen and oxygen atoms in total. The van der Waals surface area contributed by atoms with Gasteiger partial charge in [0.25, 0.3) is 0 Å². The molecule has 13 aromatic rings. The number of anilines is 3. The molecule has 0 spiro atoms. The maximum Gasteiger partial charge on any atom is 0.247 e. The van der Waals surface area contributed by atoms with Crippen LogP contribution in [0.15, 0.2) is 209 Å². The first kappa shape index (κ1) is 35.1. The lowest BCUT2D eigenvalue weighted by Gasteiger charge is -2.26.